The number of fused-ring (bicyclic) bond motifs is 4. The first-order valence-electron chi connectivity index (χ1n) is 12.2. The van der Waals surface area contributed by atoms with Crippen molar-refractivity contribution in [1.29, 1.82) is 0 Å². The fourth-order valence-electron chi connectivity index (χ4n) is 5.67. The van der Waals surface area contributed by atoms with Crippen molar-refractivity contribution in [3.63, 3.8) is 0 Å². The maximum atomic E-state index is 13.4. The van der Waals surface area contributed by atoms with Crippen LogP contribution in [-0.4, -0.2) is 61.6 Å². The van der Waals surface area contributed by atoms with Gasteiger partial charge in [0.05, 0.1) is 29.8 Å². The molecule has 3 aromatic rings. The van der Waals surface area contributed by atoms with Crippen molar-refractivity contribution in [3.8, 4) is 5.75 Å². The number of carbonyl (C=O) groups is 1. The predicted octanol–water partition coefficient (Wildman–Crippen LogP) is 2.89. The lowest BCUT2D eigenvalue weighted by Crippen LogP contribution is -2.42. The van der Waals surface area contributed by atoms with Gasteiger partial charge >= 0.3 is 0 Å². The Morgan fingerprint density at radius 3 is 2.77 bits per heavy atom. The van der Waals surface area contributed by atoms with Crippen molar-refractivity contribution >= 4 is 22.9 Å². The fraction of sp³-hybridized carbons (Fsp3) is 0.500. The first-order valence-corrected chi connectivity index (χ1v) is 12.2. The highest BCUT2D eigenvalue weighted by Gasteiger charge is 2.62. The Morgan fingerprint density at radius 1 is 1.29 bits per heavy atom. The Morgan fingerprint density at radius 2 is 2.06 bits per heavy atom. The highest BCUT2D eigenvalue weighted by atomic mass is 16.5. The van der Waals surface area contributed by atoms with Crippen LogP contribution in [0.15, 0.2) is 30.7 Å². The first-order chi connectivity index (χ1) is 16.7. The number of aromatic nitrogens is 3. The maximum absolute atomic E-state index is 13.4. The van der Waals surface area contributed by atoms with E-state index in [9.17, 15) is 15.0 Å². The van der Waals surface area contributed by atoms with Crippen LogP contribution in [-0.2, 0) is 0 Å². The third-order valence-electron chi connectivity index (χ3n) is 7.92. The number of rotatable bonds is 5. The SMILES string of the molecule is Cc1cnc2c(C(=O)Nc3cc4c(cc3N3CCC(C(C)(C)O)CC3)O[C@@]3(CO)C[C@@H]43)cnn2c1. The van der Waals surface area contributed by atoms with Crippen LogP contribution in [0.2, 0.25) is 0 Å². The summed E-state index contributed by atoms with van der Waals surface area (Å²) in [6, 6.07) is 4.00. The summed E-state index contributed by atoms with van der Waals surface area (Å²) in [5, 5.41) is 27.8. The Hall–Kier alpha value is -3.17. The summed E-state index contributed by atoms with van der Waals surface area (Å²) in [5.74, 6) is 0.879. The number of aliphatic hydroxyl groups excluding tert-OH is 1. The molecule has 184 valence electrons. The number of nitrogens with zero attached hydrogens (tertiary/aromatic N) is 4. The van der Waals surface area contributed by atoms with Gasteiger partial charge in [-0.05, 0) is 51.2 Å². The summed E-state index contributed by atoms with van der Waals surface area (Å²) >= 11 is 0. The van der Waals surface area contributed by atoms with Gasteiger partial charge in [-0.1, -0.05) is 0 Å². The van der Waals surface area contributed by atoms with Crippen LogP contribution in [0.1, 0.15) is 60.5 Å². The number of anilines is 2. The average molecular weight is 478 g/mol. The molecule has 0 spiro atoms. The highest BCUT2D eigenvalue weighted by molar-refractivity contribution is 6.09. The highest BCUT2D eigenvalue weighted by Crippen LogP contribution is 2.63. The van der Waals surface area contributed by atoms with Gasteiger partial charge in [-0.2, -0.15) is 5.10 Å². The Balaban J connectivity index is 1.33. The van der Waals surface area contributed by atoms with Crippen molar-refractivity contribution in [2.75, 3.05) is 29.9 Å². The quantitative estimate of drug-likeness (QED) is 0.518. The van der Waals surface area contributed by atoms with E-state index in [2.05, 4.69) is 20.3 Å². The van der Waals surface area contributed by atoms with Crippen LogP contribution in [0.4, 0.5) is 11.4 Å². The molecule has 0 unspecified atom stereocenters. The average Bonchev–Trinajstić information content (AvgIpc) is 3.24. The molecular weight excluding hydrogens is 446 g/mol. The zero-order chi connectivity index (χ0) is 24.5. The zero-order valence-electron chi connectivity index (χ0n) is 20.3. The summed E-state index contributed by atoms with van der Waals surface area (Å²) in [6.07, 6.45) is 7.61. The van der Waals surface area contributed by atoms with Crippen molar-refractivity contribution in [2.24, 2.45) is 5.92 Å². The van der Waals surface area contributed by atoms with E-state index in [-0.39, 0.29) is 24.3 Å². The standard InChI is InChI=1S/C26H31N5O4/c1-15-11-27-23-18(12-28-31(23)13-15)24(33)29-20-8-17-19-10-26(19,14-32)35-22(17)9-21(20)30-6-4-16(5-7-30)25(2,3)34/h8-9,11-13,16,19,32,34H,4-7,10,14H2,1-3H3,(H,29,33)/t19-,26+/m0/s1. The summed E-state index contributed by atoms with van der Waals surface area (Å²) < 4.78 is 7.79. The second-order valence-electron chi connectivity index (χ2n) is 10.8. The minimum absolute atomic E-state index is 0.0200. The van der Waals surface area contributed by atoms with E-state index in [1.807, 2.05) is 39.1 Å². The van der Waals surface area contributed by atoms with Crippen molar-refractivity contribution in [3.05, 3.63) is 47.4 Å². The van der Waals surface area contributed by atoms with Gasteiger partial charge in [-0.25, -0.2) is 9.50 Å². The lowest BCUT2D eigenvalue weighted by Gasteiger charge is -2.39. The molecule has 3 N–H and O–H groups in total. The van der Waals surface area contributed by atoms with E-state index in [4.69, 9.17) is 4.74 Å². The van der Waals surface area contributed by atoms with E-state index in [0.717, 1.165) is 54.9 Å². The number of aliphatic hydroxyl groups is 2. The monoisotopic (exact) mass is 477 g/mol. The maximum Gasteiger partial charge on any atom is 0.261 e. The molecule has 1 saturated carbocycles. The molecule has 9 heteroatoms. The molecule has 9 nitrogen and oxygen atoms in total. The number of amides is 1. The van der Waals surface area contributed by atoms with Crippen LogP contribution in [0.3, 0.4) is 0 Å². The van der Waals surface area contributed by atoms with Crippen LogP contribution >= 0.6 is 0 Å². The first kappa shape index (κ1) is 22.3. The minimum atomic E-state index is -0.714. The van der Waals surface area contributed by atoms with Gasteiger partial charge in [0.1, 0.15) is 16.9 Å². The third kappa shape index (κ3) is 3.65. The fourth-order valence-corrected chi connectivity index (χ4v) is 5.67. The summed E-state index contributed by atoms with van der Waals surface area (Å²) in [7, 11) is 0. The number of benzene rings is 1. The number of hydrogen-bond donors (Lipinski definition) is 3. The smallest absolute Gasteiger partial charge is 0.261 e. The van der Waals surface area contributed by atoms with Crippen LogP contribution in [0.5, 0.6) is 5.75 Å². The Labute approximate surface area is 203 Å². The number of carbonyl (C=O) groups excluding carboxylic acids is 1. The van der Waals surface area contributed by atoms with Crippen LogP contribution < -0.4 is 15.0 Å². The molecule has 1 aliphatic carbocycles. The number of aryl methyl sites for hydroxylation is 1. The summed E-state index contributed by atoms with van der Waals surface area (Å²) in [4.78, 5) is 20.0. The molecule has 0 bridgehead atoms. The molecule has 35 heavy (non-hydrogen) atoms. The van der Waals surface area contributed by atoms with Gasteiger partial charge in [0.2, 0.25) is 0 Å². The van der Waals surface area contributed by atoms with E-state index >= 15 is 0 Å². The molecule has 3 aliphatic rings. The summed E-state index contributed by atoms with van der Waals surface area (Å²) in [6.45, 7) is 7.18. The van der Waals surface area contributed by atoms with E-state index in [1.165, 1.54) is 0 Å². The van der Waals surface area contributed by atoms with Gasteiger partial charge in [0, 0.05) is 49.5 Å². The number of nitrogens with one attached hydrogen (secondary N) is 1. The molecule has 4 heterocycles. The van der Waals surface area contributed by atoms with Crippen LogP contribution in [0.25, 0.3) is 5.65 Å². The van der Waals surface area contributed by atoms with Crippen LogP contribution in [0, 0.1) is 12.8 Å². The van der Waals surface area contributed by atoms with Gasteiger partial charge < -0.3 is 25.2 Å². The van der Waals surface area contributed by atoms with Crippen molar-refractivity contribution in [1.82, 2.24) is 14.6 Å². The van der Waals surface area contributed by atoms with Gasteiger partial charge in [-0.15, -0.1) is 0 Å². The molecule has 2 aliphatic heterocycles. The van der Waals surface area contributed by atoms with Gasteiger partial charge in [0.15, 0.2) is 5.65 Å². The molecule has 2 fully saturated rings. The number of piperidine rings is 1. The van der Waals surface area contributed by atoms with Gasteiger partial charge in [-0.3, -0.25) is 4.79 Å². The number of ether oxygens (including phenoxy) is 1. The molecule has 2 atom stereocenters. The molecule has 1 aromatic carbocycles. The van der Waals surface area contributed by atoms with E-state index < -0.39 is 11.2 Å². The molecule has 1 amide bonds. The van der Waals surface area contributed by atoms with E-state index in [1.54, 1.807) is 16.9 Å². The zero-order valence-corrected chi connectivity index (χ0v) is 20.3. The lowest BCUT2D eigenvalue weighted by atomic mass is 9.83. The normalized spacial score (nSPS) is 23.7. The predicted molar refractivity (Wildman–Crippen MR) is 131 cm³/mol. The second-order valence-corrected chi connectivity index (χ2v) is 10.8. The lowest BCUT2D eigenvalue weighted by molar-refractivity contribution is 0.00652. The molecule has 1 saturated heterocycles. The van der Waals surface area contributed by atoms with Gasteiger partial charge in [0.25, 0.3) is 5.91 Å². The molecule has 2 aromatic heterocycles. The largest absolute Gasteiger partial charge is 0.484 e. The van der Waals surface area contributed by atoms with Crippen molar-refractivity contribution < 1.29 is 19.7 Å². The van der Waals surface area contributed by atoms with E-state index in [0.29, 0.717) is 16.9 Å². The number of hydrogen-bond acceptors (Lipinski definition) is 7. The molecule has 0 radical (unpaired) electrons. The van der Waals surface area contributed by atoms with Crippen molar-refractivity contribution in [2.45, 2.75) is 57.2 Å². The Kier molecular flexibility index (Phi) is 4.88. The topological polar surface area (TPSA) is 112 Å². The minimum Gasteiger partial charge on any atom is -0.484 e. The second kappa shape index (κ2) is 7.66. The Bertz CT molecular complexity index is 1320. The summed E-state index contributed by atoms with van der Waals surface area (Å²) in [5.41, 5.74) is 3.27. The third-order valence-corrected chi connectivity index (χ3v) is 7.92. The molecule has 6 rings (SSSR count). The molecular formula is C26H31N5O4.